The lowest BCUT2D eigenvalue weighted by atomic mass is 10.2. The van der Waals surface area contributed by atoms with Crippen LogP contribution in [0, 0.1) is 0 Å². The van der Waals surface area contributed by atoms with Crippen LogP contribution in [-0.2, 0) is 4.79 Å². The van der Waals surface area contributed by atoms with Crippen LogP contribution in [0.1, 0.15) is 23.3 Å². The summed E-state index contributed by atoms with van der Waals surface area (Å²) in [7, 11) is 0. The second kappa shape index (κ2) is 7.96. The van der Waals surface area contributed by atoms with E-state index in [-0.39, 0.29) is 11.8 Å². The standard InChI is InChI=1S/C19H21ClN4O2S/c20-14-3-1-13(2-4-14)18-22-16(12-27-18)19(26)24-9-7-23(8-10-24)11-17(25)21-15-5-6-15/h1-4,12,15H,5-11H2,(H,21,25). The van der Waals surface area contributed by atoms with Crippen LogP contribution < -0.4 is 5.32 Å². The van der Waals surface area contributed by atoms with Crippen LogP contribution in [0.4, 0.5) is 0 Å². The first-order chi connectivity index (χ1) is 13.1. The molecule has 1 aromatic carbocycles. The van der Waals surface area contributed by atoms with Gasteiger partial charge in [-0.25, -0.2) is 4.98 Å². The summed E-state index contributed by atoms with van der Waals surface area (Å²) in [5.74, 6) is 0.0397. The summed E-state index contributed by atoms with van der Waals surface area (Å²) in [5.41, 5.74) is 1.43. The maximum Gasteiger partial charge on any atom is 0.273 e. The van der Waals surface area contributed by atoms with E-state index in [2.05, 4.69) is 15.2 Å². The van der Waals surface area contributed by atoms with E-state index in [1.54, 1.807) is 0 Å². The third-order valence-corrected chi connectivity index (χ3v) is 5.93. The van der Waals surface area contributed by atoms with Gasteiger partial charge in [0.25, 0.3) is 5.91 Å². The molecule has 2 aliphatic rings. The van der Waals surface area contributed by atoms with Gasteiger partial charge in [0.2, 0.25) is 5.91 Å². The number of nitrogens with one attached hydrogen (secondary N) is 1. The smallest absolute Gasteiger partial charge is 0.273 e. The molecule has 8 heteroatoms. The monoisotopic (exact) mass is 404 g/mol. The zero-order valence-electron chi connectivity index (χ0n) is 14.9. The summed E-state index contributed by atoms with van der Waals surface area (Å²) in [5, 5.41) is 6.30. The topological polar surface area (TPSA) is 65.5 Å². The molecule has 142 valence electrons. The number of halogens is 1. The van der Waals surface area contributed by atoms with Gasteiger partial charge in [-0.3, -0.25) is 14.5 Å². The van der Waals surface area contributed by atoms with Gasteiger partial charge in [-0.1, -0.05) is 23.7 Å². The van der Waals surface area contributed by atoms with Crippen LogP contribution in [0.5, 0.6) is 0 Å². The molecule has 1 aliphatic heterocycles. The van der Waals surface area contributed by atoms with Gasteiger partial charge < -0.3 is 10.2 Å². The van der Waals surface area contributed by atoms with Crippen molar-refractivity contribution in [3.8, 4) is 10.6 Å². The zero-order chi connectivity index (χ0) is 18.8. The fourth-order valence-corrected chi connectivity index (χ4v) is 4.00. The molecule has 1 saturated carbocycles. The van der Waals surface area contributed by atoms with Crippen molar-refractivity contribution >= 4 is 34.8 Å². The summed E-state index contributed by atoms with van der Waals surface area (Å²) in [6, 6.07) is 7.83. The average Bonchev–Trinajstić information content (AvgIpc) is 3.34. The minimum absolute atomic E-state index is 0.0476. The van der Waals surface area contributed by atoms with Gasteiger partial charge in [0, 0.05) is 48.2 Å². The van der Waals surface area contributed by atoms with Crippen LogP contribution in [0.3, 0.4) is 0 Å². The Bertz CT molecular complexity index is 826. The van der Waals surface area contributed by atoms with Gasteiger partial charge in [0.1, 0.15) is 10.7 Å². The van der Waals surface area contributed by atoms with Crippen molar-refractivity contribution in [1.82, 2.24) is 20.1 Å². The first-order valence-corrected chi connectivity index (χ1v) is 10.4. The van der Waals surface area contributed by atoms with E-state index in [9.17, 15) is 9.59 Å². The lowest BCUT2D eigenvalue weighted by Crippen LogP contribution is -2.51. The molecule has 6 nitrogen and oxygen atoms in total. The molecular weight excluding hydrogens is 384 g/mol. The molecule has 0 radical (unpaired) electrons. The fourth-order valence-electron chi connectivity index (χ4n) is 3.07. The molecule has 0 atom stereocenters. The maximum atomic E-state index is 12.7. The van der Waals surface area contributed by atoms with Gasteiger partial charge >= 0.3 is 0 Å². The van der Waals surface area contributed by atoms with Crippen LogP contribution in [0.15, 0.2) is 29.6 Å². The van der Waals surface area contributed by atoms with Gasteiger partial charge in [0.15, 0.2) is 0 Å². The van der Waals surface area contributed by atoms with Crippen molar-refractivity contribution in [2.75, 3.05) is 32.7 Å². The SMILES string of the molecule is O=C(CN1CCN(C(=O)c2csc(-c3ccc(Cl)cc3)n2)CC1)NC1CC1. The molecule has 1 N–H and O–H groups in total. The number of benzene rings is 1. The largest absolute Gasteiger partial charge is 0.352 e. The Morgan fingerprint density at radius 3 is 2.52 bits per heavy atom. The Morgan fingerprint density at radius 2 is 1.85 bits per heavy atom. The Labute approximate surface area is 167 Å². The van der Waals surface area contributed by atoms with E-state index in [4.69, 9.17) is 11.6 Å². The van der Waals surface area contributed by atoms with E-state index in [0.29, 0.717) is 49.5 Å². The predicted octanol–water partition coefficient (Wildman–Crippen LogP) is 2.50. The zero-order valence-corrected chi connectivity index (χ0v) is 16.4. The summed E-state index contributed by atoms with van der Waals surface area (Å²) >= 11 is 7.38. The molecule has 1 aliphatic carbocycles. The van der Waals surface area contributed by atoms with Crippen molar-refractivity contribution in [3.05, 3.63) is 40.4 Å². The molecule has 2 aromatic rings. The maximum absolute atomic E-state index is 12.7. The van der Waals surface area contributed by atoms with Crippen LogP contribution in [-0.4, -0.2) is 65.4 Å². The predicted molar refractivity (Wildman–Crippen MR) is 106 cm³/mol. The van der Waals surface area contributed by atoms with Crippen molar-refractivity contribution in [3.63, 3.8) is 0 Å². The Kier molecular flexibility index (Phi) is 5.43. The number of hydrogen-bond acceptors (Lipinski definition) is 5. The molecule has 0 spiro atoms. The van der Waals surface area contributed by atoms with Crippen LogP contribution in [0.2, 0.25) is 5.02 Å². The third-order valence-electron chi connectivity index (χ3n) is 4.78. The van der Waals surface area contributed by atoms with Crippen molar-refractivity contribution in [2.24, 2.45) is 0 Å². The van der Waals surface area contributed by atoms with Crippen LogP contribution in [0.25, 0.3) is 10.6 Å². The highest BCUT2D eigenvalue weighted by atomic mass is 35.5. The second-order valence-corrected chi connectivity index (χ2v) is 8.25. The number of aromatic nitrogens is 1. The molecule has 4 rings (SSSR count). The quantitative estimate of drug-likeness (QED) is 0.831. The molecule has 27 heavy (non-hydrogen) atoms. The number of nitrogens with zero attached hydrogens (tertiary/aromatic N) is 3. The van der Waals surface area contributed by atoms with E-state index in [1.807, 2.05) is 34.5 Å². The lowest BCUT2D eigenvalue weighted by Gasteiger charge is -2.33. The first kappa shape index (κ1) is 18.4. The van der Waals surface area contributed by atoms with Gasteiger partial charge in [-0.15, -0.1) is 11.3 Å². The normalized spacial score (nSPS) is 17.7. The molecule has 2 heterocycles. The molecule has 0 bridgehead atoms. The number of piperazine rings is 1. The molecule has 2 fully saturated rings. The summed E-state index contributed by atoms with van der Waals surface area (Å²) < 4.78 is 0. The number of carbonyl (C=O) groups is 2. The van der Waals surface area contributed by atoms with E-state index >= 15 is 0 Å². The minimum Gasteiger partial charge on any atom is -0.352 e. The molecule has 0 unspecified atom stereocenters. The number of hydrogen-bond donors (Lipinski definition) is 1. The van der Waals surface area contributed by atoms with Crippen molar-refractivity contribution in [2.45, 2.75) is 18.9 Å². The van der Waals surface area contributed by atoms with Crippen LogP contribution >= 0.6 is 22.9 Å². The minimum atomic E-state index is -0.0476. The van der Waals surface area contributed by atoms with Crippen molar-refractivity contribution in [1.29, 1.82) is 0 Å². The fraction of sp³-hybridized carbons (Fsp3) is 0.421. The Morgan fingerprint density at radius 1 is 1.15 bits per heavy atom. The number of carbonyl (C=O) groups excluding carboxylic acids is 2. The van der Waals surface area contributed by atoms with Gasteiger partial charge in [-0.2, -0.15) is 0 Å². The number of amides is 2. The number of rotatable bonds is 5. The Hall–Kier alpha value is -1.96. The van der Waals surface area contributed by atoms with Crippen molar-refractivity contribution < 1.29 is 9.59 Å². The van der Waals surface area contributed by atoms with E-state index in [0.717, 1.165) is 23.4 Å². The Balaban J connectivity index is 1.31. The summed E-state index contributed by atoms with van der Waals surface area (Å²) in [6.07, 6.45) is 2.19. The first-order valence-electron chi connectivity index (χ1n) is 9.11. The summed E-state index contributed by atoms with van der Waals surface area (Å²) in [4.78, 5) is 33.1. The van der Waals surface area contributed by atoms with E-state index in [1.165, 1.54) is 11.3 Å². The second-order valence-electron chi connectivity index (χ2n) is 6.95. The molecule has 1 aromatic heterocycles. The summed E-state index contributed by atoms with van der Waals surface area (Å²) in [6.45, 7) is 3.05. The lowest BCUT2D eigenvalue weighted by molar-refractivity contribution is -0.122. The van der Waals surface area contributed by atoms with E-state index < -0.39 is 0 Å². The van der Waals surface area contributed by atoms with Gasteiger partial charge in [0.05, 0.1) is 6.54 Å². The average molecular weight is 405 g/mol. The number of thiazole rings is 1. The third kappa shape index (κ3) is 4.66. The van der Waals surface area contributed by atoms with Gasteiger partial charge in [-0.05, 0) is 25.0 Å². The highest BCUT2D eigenvalue weighted by Crippen LogP contribution is 2.25. The molecular formula is C19H21ClN4O2S. The highest BCUT2D eigenvalue weighted by molar-refractivity contribution is 7.13. The molecule has 2 amide bonds. The highest BCUT2D eigenvalue weighted by Gasteiger charge is 2.27. The molecule has 1 saturated heterocycles.